The first-order valence-electron chi connectivity index (χ1n) is 9.55. The Morgan fingerprint density at radius 3 is 2.74 bits per heavy atom. The SMILES string of the molecule is Fc1cccc(-c2ccc3c(c2)[C@H]2[C@H](CCN2Cc2ccncc2)CN3)c1. The topological polar surface area (TPSA) is 28.2 Å². The van der Waals surface area contributed by atoms with Gasteiger partial charge in [0.25, 0.3) is 0 Å². The number of rotatable bonds is 3. The fourth-order valence-electron chi connectivity index (χ4n) is 4.55. The number of hydrogen-bond donors (Lipinski definition) is 1. The van der Waals surface area contributed by atoms with E-state index in [4.69, 9.17) is 0 Å². The predicted molar refractivity (Wildman–Crippen MR) is 106 cm³/mol. The van der Waals surface area contributed by atoms with Gasteiger partial charge < -0.3 is 5.32 Å². The van der Waals surface area contributed by atoms with E-state index in [1.54, 1.807) is 12.1 Å². The summed E-state index contributed by atoms with van der Waals surface area (Å²) in [6, 6.07) is 17.9. The fraction of sp³-hybridized carbons (Fsp3) is 0.261. The Balaban J connectivity index is 1.51. The molecule has 1 N–H and O–H groups in total. The minimum Gasteiger partial charge on any atom is -0.384 e. The van der Waals surface area contributed by atoms with Gasteiger partial charge >= 0.3 is 0 Å². The zero-order chi connectivity index (χ0) is 18.2. The number of anilines is 1. The maximum atomic E-state index is 13.7. The van der Waals surface area contributed by atoms with Gasteiger partial charge in [0.2, 0.25) is 0 Å². The van der Waals surface area contributed by atoms with Crippen LogP contribution >= 0.6 is 0 Å². The largest absolute Gasteiger partial charge is 0.384 e. The molecule has 3 heterocycles. The molecular formula is C23H22FN3. The maximum Gasteiger partial charge on any atom is 0.123 e. The maximum absolute atomic E-state index is 13.7. The van der Waals surface area contributed by atoms with E-state index in [0.29, 0.717) is 12.0 Å². The molecule has 2 aromatic carbocycles. The summed E-state index contributed by atoms with van der Waals surface area (Å²) < 4.78 is 13.7. The monoisotopic (exact) mass is 359 g/mol. The number of halogens is 1. The molecule has 0 bridgehead atoms. The number of fused-ring (bicyclic) bond motifs is 3. The molecule has 2 aliphatic heterocycles. The second kappa shape index (κ2) is 6.78. The molecular weight excluding hydrogens is 337 g/mol. The van der Waals surface area contributed by atoms with Gasteiger partial charge in [0.05, 0.1) is 0 Å². The summed E-state index contributed by atoms with van der Waals surface area (Å²) >= 11 is 0. The minimum absolute atomic E-state index is 0.193. The van der Waals surface area contributed by atoms with Gasteiger partial charge in [0.15, 0.2) is 0 Å². The highest BCUT2D eigenvalue weighted by molar-refractivity contribution is 5.70. The van der Waals surface area contributed by atoms with Crippen molar-refractivity contribution >= 4 is 5.69 Å². The van der Waals surface area contributed by atoms with E-state index >= 15 is 0 Å². The quantitative estimate of drug-likeness (QED) is 0.723. The average molecular weight is 359 g/mol. The van der Waals surface area contributed by atoms with Crippen LogP contribution in [0.15, 0.2) is 67.0 Å². The number of hydrogen-bond acceptors (Lipinski definition) is 3. The molecule has 1 saturated heterocycles. The molecule has 2 atom stereocenters. The number of nitrogens with one attached hydrogen (secondary N) is 1. The highest BCUT2D eigenvalue weighted by Gasteiger charge is 2.38. The molecule has 0 amide bonds. The number of aromatic nitrogens is 1. The van der Waals surface area contributed by atoms with E-state index in [1.807, 2.05) is 18.5 Å². The summed E-state index contributed by atoms with van der Waals surface area (Å²) in [4.78, 5) is 6.71. The number of pyridine rings is 1. The fourth-order valence-corrected chi connectivity index (χ4v) is 4.55. The van der Waals surface area contributed by atoms with Gasteiger partial charge in [-0.1, -0.05) is 18.2 Å². The van der Waals surface area contributed by atoms with Crippen LogP contribution in [0.2, 0.25) is 0 Å². The van der Waals surface area contributed by atoms with Crippen molar-refractivity contribution in [2.24, 2.45) is 5.92 Å². The van der Waals surface area contributed by atoms with Crippen molar-refractivity contribution in [2.75, 3.05) is 18.4 Å². The average Bonchev–Trinajstić information content (AvgIpc) is 3.12. The molecule has 4 heteroatoms. The Hall–Kier alpha value is -2.72. The first kappa shape index (κ1) is 16.5. The summed E-state index contributed by atoms with van der Waals surface area (Å²) in [7, 11) is 0. The van der Waals surface area contributed by atoms with Crippen molar-refractivity contribution in [2.45, 2.75) is 19.0 Å². The Morgan fingerprint density at radius 2 is 1.89 bits per heavy atom. The van der Waals surface area contributed by atoms with Gasteiger partial charge in [-0.25, -0.2) is 4.39 Å². The molecule has 5 rings (SSSR count). The Morgan fingerprint density at radius 1 is 1.04 bits per heavy atom. The number of nitrogens with zero attached hydrogens (tertiary/aromatic N) is 2. The van der Waals surface area contributed by atoms with E-state index in [0.717, 1.165) is 30.8 Å². The van der Waals surface area contributed by atoms with Crippen LogP contribution in [0.5, 0.6) is 0 Å². The third-order valence-electron chi connectivity index (χ3n) is 5.84. The Kier molecular flexibility index (Phi) is 4.13. The highest BCUT2D eigenvalue weighted by Crippen LogP contribution is 2.45. The molecule has 0 aliphatic carbocycles. The van der Waals surface area contributed by atoms with E-state index in [2.05, 4.69) is 45.5 Å². The summed E-state index contributed by atoms with van der Waals surface area (Å²) in [6.45, 7) is 3.06. The van der Waals surface area contributed by atoms with Crippen molar-refractivity contribution in [1.82, 2.24) is 9.88 Å². The molecule has 0 radical (unpaired) electrons. The molecule has 1 aromatic heterocycles. The minimum atomic E-state index is -0.193. The normalized spacial score (nSPS) is 21.4. The molecule has 0 unspecified atom stereocenters. The predicted octanol–water partition coefficient (Wildman–Crippen LogP) is 4.88. The van der Waals surface area contributed by atoms with Gasteiger partial charge in [-0.15, -0.1) is 0 Å². The van der Waals surface area contributed by atoms with Gasteiger partial charge in [-0.05, 0) is 77.5 Å². The van der Waals surface area contributed by atoms with Crippen LogP contribution in [0.25, 0.3) is 11.1 Å². The Labute approximate surface area is 158 Å². The van der Waals surface area contributed by atoms with Crippen molar-refractivity contribution in [1.29, 1.82) is 0 Å². The van der Waals surface area contributed by atoms with Crippen LogP contribution in [-0.2, 0) is 6.54 Å². The lowest BCUT2D eigenvalue weighted by atomic mass is 9.87. The molecule has 2 aliphatic rings. The van der Waals surface area contributed by atoms with Crippen LogP contribution in [0.4, 0.5) is 10.1 Å². The van der Waals surface area contributed by atoms with Gasteiger partial charge in [0.1, 0.15) is 5.82 Å². The van der Waals surface area contributed by atoms with Crippen LogP contribution in [0.1, 0.15) is 23.6 Å². The lowest BCUT2D eigenvalue weighted by molar-refractivity contribution is 0.220. The second-order valence-corrected chi connectivity index (χ2v) is 7.51. The molecule has 27 heavy (non-hydrogen) atoms. The van der Waals surface area contributed by atoms with Crippen molar-refractivity contribution in [3.8, 4) is 11.1 Å². The highest BCUT2D eigenvalue weighted by atomic mass is 19.1. The standard InChI is InChI=1S/C23H22FN3/c24-20-3-1-2-17(12-20)18-4-5-22-21(13-18)23-19(14-26-22)8-11-27(23)15-16-6-9-25-10-7-16/h1-7,9-10,12-13,19,23,26H,8,11,14-15H2/t19-,23-/m1/s1. The van der Waals surface area contributed by atoms with E-state index in [1.165, 1.54) is 29.3 Å². The third-order valence-corrected chi connectivity index (χ3v) is 5.84. The first-order chi connectivity index (χ1) is 13.3. The van der Waals surface area contributed by atoms with Gasteiger partial charge in [-0.2, -0.15) is 0 Å². The zero-order valence-corrected chi connectivity index (χ0v) is 15.1. The van der Waals surface area contributed by atoms with Gasteiger partial charge in [-0.3, -0.25) is 9.88 Å². The smallest absolute Gasteiger partial charge is 0.123 e. The molecule has 1 fully saturated rings. The lowest BCUT2D eigenvalue weighted by Gasteiger charge is -2.35. The van der Waals surface area contributed by atoms with E-state index in [9.17, 15) is 4.39 Å². The first-order valence-corrected chi connectivity index (χ1v) is 9.55. The molecule has 3 nitrogen and oxygen atoms in total. The molecule has 3 aromatic rings. The molecule has 0 saturated carbocycles. The number of likely N-dealkylation sites (tertiary alicyclic amines) is 1. The summed E-state index contributed by atoms with van der Waals surface area (Å²) in [6.07, 6.45) is 4.93. The molecule has 136 valence electrons. The molecule has 0 spiro atoms. The summed E-state index contributed by atoms with van der Waals surface area (Å²) in [5.41, 5.74) is 5.84. The second-order valence-electron chi connectivity index (χ2n) is 7.51. The van der Waals surface area contributed by atoms with Crippen LogP contribution in [0, 0.1) is 11.7 Å². The zero-order valence-electron chi connectivity index (χ0n) is 15.1. The van der Waals surface area contributed by atoms with Crippen molar-refractivity contribution < 1.29 is 4.39 Å². The van der Waals surface area contributed by atoms with Gasteiger partial charge in [0, 0.05) is 37.2 Å². The Bertz CT molecular complexity index is 957. The summed E-state index contributed by atoms with van der Waals surface area (Å²) in [5.74, 6) is 0.420. The van der Waals surface area contributed by atoms with Crippen molar-refractivity contribution in [3.05, 3.63) is 83.9 Å². The van der Waals surface area contributed by atoms with Crippen LogP contribution < -0.4 is 5.32 Å². The van der Waals surface area contributed by atoms with Crippen LogP contribution in [0.3, 0.4) is 0 Å². The van der Waals surface area contributed by atoms with E-state index < -0.39 is 0 Å². The summed E-state index contributed by atoms with van der Waals surface area (Å²) in [5, 5.41) is 3.60. The van der Waals surface area contributed by atoms with Crippen molar-refractivity contribution in [3.63, 3.8) is 0 Å². The van der Waals surface area contributed by atoms with Crippen LogP contribution in [-0.4, -0.2) is 23.0 Å². The van der Waals surface area contributed by atoms with E-state index in [-0.39, 0.29) is 5.82 Å². The lowest BCUT2D eigenvalue weighted by Crippen LogP contribution is -2.32. The third kappa shape index (κ3) is 3.10. The number of benzene rings is 2.